The first-order valence-electron chi connectivity index (χ1n) is 6.80. The zero-order chi connectivity index (χ0) is 15.2. The summed E-state index contributed by atoms with van der Waals surface area (Å²) in [6.45, 7) is 4.27. The van der Waals surface area contributed by atoms with Crippen molar-refractivity contribution in [3.63, 3.8) is 0 Å². The first-order valence-corrected chi connectivity index (χ1v) is 6.80. The lowest BCUT2D eigenvalue weighted by Gasteiger charge is -2.36. The number of benzene rings is 1. The van der Waals surface area contributed by atoms with Gasteiger partial charge in [0.15, 0.2) is 0 Å². The number of hydrogen-bond acceptors (Lipinski definition) is 2. The maximum atomic E-state index is 12.6. The topological polar surface area (TPSA) is 15.3 Å². The van der Waals surface area contributed by atoms with Crippen LogP contribution in [0.3, 0.4) is 0 Å². The highest BCUT2D eigenvalue weighted by Crippen LogP contribution is 2.26. The number of alkyl halides is 3. The van der Waals surface area contributed by atoms with Crippen molar-refractivity contribution >= 4 is 0 Å². The van der Waals surface area contributed by atoms with Gasteiger partial charge in [0, 0.05) is 18.5 Å². The van der Waals surface area contributed by atoms with Crippen molar-refractivity contribution in [2.45, 2.75) is 25.4 Å². The van der Waals surface area contributed by atoms with Crippen LogP contribution in [0.25, 0.3) is 0 Å². The molecule has 114 valence electrons. The molecule has 5 heteroatoms. The molecule has 20 heavy (non-hydrogen) atoms. The second kappa shape index (κ2) is 7.09. The van der Waals surface area contributed by atoms with Crippen molar-refractivity contribution < 1.29 is 13.2 Å². The van der Waals surface area contributed by atoms with Crippen LogP contribution in [0.4, 0.5) is 13.2 Å². The van der Waals surface area contributed by atoms with E-state index in [1.54, 1.807) is 6.92 Å². The van der Waals surface area contributed by atoms with Gasteiger partial charge in [-0.2, -0.15) is 13.2 Å². The van der Waals surface area contributed by atoms with E-state index < -0.39 is 12.7 Å². The van der Waals surface area contributed by atoms with Crippen molar-refractivity contribution in [1.29, 1.82) is 0 Å². The highest BCUT2D eigenvalue weighted by Gasteiger charge is 2.34. The smallest absolute Gasteiger partial charge is 0.319 e. The molecule has 0 heterocycles. The maximum Gasteiger partial charge on any atom is 0.401 e. The predicted octanol–water partition coefficient (Wildman–Crippen LogP) is 3.05. The van der Waals surface area contributed by atoms with Crippen LogP contribution < -0.4 is 5.32 Å². The van der Waals surface area contributed by atoms with Gasteiger partial charge in [-0.1, -0.05) is 44.2 Å². The molecule has 1 N–H and O–H groups in total. The summed E-state index contributed by atoms with van der Waals surface area (Å²) in [7, 11) is 1.82. The van der Waals surface area contributed by atoms with Gasteiger partial charge in [-0.3, -0.25) is 4.90 Å². The molecule has 1 atom stereocenters. The van der Waals surface area contributed by atoms with Gasteiger partial charge in [0.25, 0.3) is 0 Å². The third-order valence-corrected chi connectivity index (χ3v) is 3.46. The molecule has 1 unspecified atom stereocenters. The van der Waals surface area contributed by atoms with Crippen molar-refractivity contribution in [1.82, 2.24) is 10.2 Å². The van der Waals surface area contributed by atoms with Crippen molar-refractivity contribution in [2.24, 2.45) is 0 Å². The quantitative estimate of drug-likeness (QED) is 0.829. The van der Waals surface area contributed by atoms with E-state index in [2.05, 4.69) is 5.32 Å². The first kappa shape index (κ1) is 17.0. The molecule has 0 aromatic heterocycles. The molecule has 0 radical (unpaired) electrons. The Morgan fingerprint density at radius 2 is 1.70 bits per heavy atom. The van der Waals surface area contributed by atoms with Crippen LogP contribution >= 0.6 is 0 Å². The zero-order valence-corrected chi connectivity index (χ0v) is 12.3. The summed E-state index contributed by atoms with van der Waals surface area (Å²) < 4.78 is 37.8. The third kappa shape index (κ3) is 5.13. The molecule has 1 aromatic rings. The van der Waals surface area contributed by atoms with Crippen LogP contribution in [0.2, 0.25) is 0 Å². The molecular formula is C15H23F3N2. The van der Waals surface area contributed by atoms with Gasteiger partial charge in [0.2, 0.25) is 0 Å². The summed E-state index contributed by atoms with van der Waals surface area (Å²) in [6, 6.07) is 9.70. The fraction of sp³-hybridized carbons (Fsp3) is 0.600. The van der Waals surface area contributed by atoms with Gasteiger partial charge in [-0.05, 0) is 19.2 Å². The fourth-order valence-electron chi connectivity index (χ4n) is 2.51. The van der Waals surface area contributed by atoms with Crippen LogP contribution in [0.1, 0.15) is 19.4 Å². The molecule has 1 aromatic carbocycles. The summed E-state index contributed by atoms with van der Waals surface area (Å²) in [5.41, 5.74) is 0.701. The lowest BCUT2D eigenvalue weighted by Crippen LogP contribution is -2.47. The minimum Gasteiger partial charge on any atom is -0.319 e. The molecule has 0 aliphatic heterocycles. The molecule has 0 aliphatic carbocycles. The highest BCUT2D eigenvalue weighted by atomic mass is 19.4. The number of likely N-dealkylation sites (N-methyl/N-ethyl adjacent to an activating group) is 2. The predicted molar refractivity (Wildman–Crippen MR) is 75.9 cm³/mol. The summed E-state index contributed by atoms with van der Waals surface area (Å²) in [5, 5.41) is 3.09. The van der Waals surface area contributed by atoms with Gasteiger partial charge in [-0.15, -0.1) is 0 Å². The van der Waals surface area contributed by atoms with Gasteiger partial charge in [0.05, 0.1) is 6.54 Å². The third-order valence-electron chi connectivity index (χ3n) is 3.46. The fourth-order valence-corrected chi connectivity index (χ4v) is 2.51. The number of halogens is 3. The van der Waals surface area contributed by atoms with Gasteiger partial charge in [0.1, 0.15) is 0 Å². The van der Waals surface area contributed by atoms with E-state index in [9.17, 15) is 13.2 Å². The van der Waals surface area contributed by atoms with Gasteiger partial charge < -0.3 is 5.32 Å². The van der Waals surface area contributed by atoms with Crippen molar-refractivity contribution in [3.05, 3.63) is 35.9 Å². The minimum absolute atomic E-state index is 0.350. The molecule has 0 saturated heterocycles. The van der Waals surface area contributed by atoms with Gasteiger partial charge in [-0.25, -0.2) is 0 Å². The lowest BCUT2D eigenvalue weighted by atomic mass is 9.81. The Hall–Kier alpha value is -1.07. The monoisotopic (exact) mass is 288 g/mol. The Morgan fingerprint density at radius 3 is 2.15 bits per heavy atom. The van der Waals surface area contributed by atoms with Crippen molar-refractivity contribution in [3.8, 4) is 0 Å². The molecule has 0 aliphatic rings. The van der Waals surface area contributed by atoms with Crippen LogP contribution in [0, 0.1) is 0 Å². The summed E-state index contributed by atoms with van der Waals surface area (Å²) in [4.78, 5) is 1.45. The zero-order valence-electron chi connectivity index (χ0n) is 12.3. The molecule has 0 saturated carbocycles. The summed E-state index contributed by atoms with van der Waals surface area (Å²) in [6.07, 6.45) is -4.16. The summed E-state index contributed by atoms with van der Waals surface area (Å²) in [5.74, 6) is 0. The Morgan fingerprint density at radius 1 is 1.10 bits per heavy atom. The maximum absolute atomic E-state index is 12.6. The second-order valence-electron chi connectivity index (χ2n) is 5.38. The average Bonchev–Trinajstić information content (AvgIpc) is 2.37. The van der Waals surface area contributed by atoms with Crippen LogP contribution in [0.15, 0.2) is 30.3 Å². The van der Waals surface area contributed by atoms with Crippen LogP contribution in [0.5, 0.6) is 0 Å². The summed E-state index contributed by atoms with van der Waals surface area (Å²) >= 11 is 0. The number of nitrogens with one attached hydrogen (secondary N) is 1. The molecule has 0 spiro atoms. The van der Waals surface area contributed by atoms with E-state index in [0.29, 0.717) is 19.6 Å². The Labute approximate surface area is 119 Å². The van der Waals surface area contributed by atoms with E-state index in [0.717, 1.165) is 5.56 Å². The van der Waals surface area contributed by atoms with E-state index >= 15 is 0 Å². The molecule has 0 bridgehead atoms. The van der Waals surface area contributed by atoms with Crippen LogP contribution in [-0.4, -0.2) is 44.3 Å². The van der Waals surface area contributed by atoms with E-state index in [4.69, 9.17) is 0 Å². The Kier molecular flexibility index (Phi) is 6.02. The SMILES string of the molecule is CCN(CC(F)(F)F)CC(C)(CNC)c1ccccc1. The Bertz CT molecular complexity index is 392. The van der Waals surface area contributed by atoms with E-state index in [1.807, 2.05) is 44.3 Å². The second-order valence-corrected chi connectivity index (χ2v) is 5.38. The van der Waals surface area contributed by atoms with Crippen LogP contribution in [-0.2, 0) is 5.41 Å². The average molecular weight is 288 g/mol. The molecule has 0 amide bonds. The molecular weight excluding hydrogens is 265 g/mol. The molecule has 0 fully saturated rings. The first-order chi connectivity index (χ1) is 9.30. The normalized spacial score (nSPS) is 15.3. The molecule has 1 rings (SSSR count). The number of rotatable bonds is 7. The van der Waals surface area contributed by atoms with Crippen molar-refractivity contribution in [2.75, 3.05) is 33.2 Å². The number of hydrogen-bond donors (Lipinski definition) is 1. The minimum atomic E-state index is -4.16. The number of nitrogens with zero attached hydrogens (tertiary/aromatic N) is 1. The Balaban J connectivity index is 2.90. The molecule has 2 nitrogen and oxygen atoms in total. The van der Waals surface area contributed by atoms with Gasteiger partial charge >= 0.3 is 6.18 Å². The largest absolute Gasteiger partial charge is 0.401 e. The standard InChI is InChI=1S/C15H23F3N2/c1-4-20(12-15(16,17)18)11-14(2,10-19-3)13-8-6-5-7-9-13/h5-9,19H,4,10-12H2,1-3H3. The van der Waals surface area contributed by atoms with E-state index in [-0.39, 0.29) is 5.41 Å². The lowest BCUT2D eigenvalue weighted by molar-refractivity contribution is -0.147. The highest BCUT2D eigenvalue weighted by molar-refractivity contribution is 5.25. The van der Waals surface area contributed by atoms with E-state index in [1.165, 1.54) is 4.90 Å².